The zero-order chi connectivity index (χ0) is 13.0. The number of nitrogens with zero attached hydrogens (tertiary/aromatic N) is 2. The van der Waals surface area contributed by atoms with E-state index in [1.807, 2.05) is 0 Å². The number of hydrogen-bond donors (Lipinski definition) is 2. The fourth-order valence-electron chi connectivity index (χ4n) is 1.56. The summed E-state index contributed by atoms with van der Waals surface area (Å²) in [6, 6.07) is 3.46. The number of nitrogens with two attached hydrogens (primary N) is 1. The first-order chi connectivity index (χ1) is 8.72. The van der Waals surface area contributed by atoms with Gasteiger partial charge in [-0.15, -0.1) is 0 Å². The molecule has 0 fully saturated rings. The van der Waals surface area contributed by atoms with Crippen LogP contribution in [0.3, 0.4) is 0 Å². The molecule has 0 aliphatic carbocycles. The summed E-state index contributed by atoms with van der Waals surface area (Å²) in [5.74, 6) is 0.216. The van der Waals surface area contributed by atoms with Crippen LogP contribution in [0.25, 0.3) is 0 Å². The number of alkyl halides is 1. The van der Waals surface area contributed by atoms with E-state index in [1.165, 1.54) is 17.1 Å². The van der Waals surface area contributed by atoms with Crippen molar-refractivity contribution < 1.29 is 13.6 Å². The SMILES string of the molecule is Nc1cnn(CCF)c1C(=O)NCc1ccco1. The molecule has 3 N–H and O–H groups in total. The molecule has 2 heterocycles. The standard InChI is InChI=1S/C11H13FN4O2/c12-3-4-16-10(9(13)7-15-16)11(17)14-6-8-2-1-5-18-8/h1-2,5,7H,3-4,6,13H2,(H,14,17). The molecule has 0 spiro atoms. The van der Waals surface area contributed by atoms with Gasteiger partial charge in [0.25, 0.3) is 5.91 Å². The Morgan fingerprint density at radius 1 is 1.61 bits per heavy atom. The fraction of sp³-hybridized carbons (Fsp3) is 0.273. The minimum absolute atomic E-state index is 0.000700. The monoisotopic (exact) mass is 252 g/mol. The van der Waals surface area contributed by atoms with Crippen molar-refractivity contribution in [2.75, 3.05) is 12.4 Å². The molecule has 7 heteroatoms. The zero-order valence-electron chi connectivity index (χ0n) is 9.60. The molecular formula is C11H13FN4O2. The van der Waals surface area contributed by atoms with Gasteiger partial charge in [0.15, 0.2) is 0 Å². The quantitative estimate of drug-likeness (QED) is 0.829. The summed E-state index contributed by atoms with van der Waals surface area (Å²) in [7, 11) is 0. The highest BCUT2D eigenvalue weighted by Gasteiger charge is 2.16. The number of carbonyl (C=O) groups excluding carboxylic acids is 1. The molecule has 0 aromatic carbocycles. The number of furan rings is 1. The van der Waals surface area contributed by atoms with Gasteiger partial charge in [-0.25, -0.2) is 4.39 Å². The molecule has 0 saturated heterocycles. The Hall–Kier alpha value is -2.31. The number of anilines is 1. The van der Waals surface area contributed by atoms with Crippen LogP contribution in [0.5, 0.6) is 0 Å². The molecule has 1 amide bonds. The minimum Gasteiger partial charge on any atom is -0.467 e. The predicted molar refractivity (Wildman–Crippen MR) is 62.5 cm³/mol. The second-order valence-electron chi connectivity index (χ2n) is 3.62. The van der Waals surface area contributed by atoms with Crippen LogP contribution in [-0.4, -0.2) is 22.4 Å². The maximum absolute atomic E-state index is 12.3. The summed E-state index contributed by atoms with van der Waals surface area (Å²) >= 11 is 0. The van der Waals surface area contributed by atoms with Crippen LogP contribution >= 0.6 is 0 Å². The first kappa shape index (κ1) is 12.2. The molecular weight excluding hydrogens is 239 g/mol. The van der Waals surface area contributed by atoms with E-state index in [0.717, 1.165) is 0 Å². The van der Waals surface area contributed by atoms with Crippen LogP contribution in [0.2, 0.25) is 0 Å². The van der Waals surface area contributed by atoms with Crippen LogP contribution in [0.1, 0.15) is 16.2 Å². The van der Waals surface area contributed by atoms with Gasteiger partial charge in [0.05, 0.1) is 31.2 Å². The second-order valence-corrected chi connectivity index (χ2v) is 3.62. The van der Waals surface area contributed by atoms with Crippen molar-refractivity contribution in [3.63, 3.8) is 0 Å². The molecule has 96 valence electrons. The summed E-state index contributed by atoms with van der Waals surface area (Å²) in [4.78, 5) is 11.9. The van der Waals surface area contributed by atoms with Crippen molar-refractivity contribution in [3.05, 3.63) is 36.0 Å². The Morgan fingerprint density at radius 3 is 3.11 bits per heavy atom. The summed E-state index contributed by atoms with van der Waals surface area (Å²) < 4.78 is 18.6. The Balaban J connectivity index is 2.06. The highest BCUT2D eigenvalue weighted by Crippen LogP contribution is 2.11. The van der Waals surface area contributed by atoms with Crippen molar-refractivity contribution in [1.29, 1.82) is 0 Å². The van der Waals surface area contributed by atoms with Crippen LogP contribution in [0, 0.1) is 0 Å². The first-order valence-electron chi connectivity index (χ1n) is 5.40. The number of halogens is 1. The fourth-order valence-corrected chi connectivity index (χ4v) is 1.56. The maximum Gasteiger partial charge on any atom is 0.272 e. The number of amides is 1. The third-order valence-electron chi connectivity index (χ3n) is 2.38. The maximum atomic E-state index is 12.3. The van der Waals surface area contributed by atoms with E-state index in [0.29, 0.717) is 5.76 Å². The van der Waals surface area contributed by atoms with Crippen molar-refractivity contribution in [1.82, 2.24) is 15.1 Å². The van der Waals surface area contributed by atoms with E-state index < -0.39 is 12.6 Å². The van der Waals surface area contributed by atoms with Crippen molar-refractivity contribution >= 4 is 11.6 Å². The normalized spacial score (nSPS) is 10.5. The molecule has 2 aromatic heterocycles. The molecule has 6 nitrogen and oxygen atoms in total. The summed E-state index contributed by atoms with van der Waals surface area (Å²) in [5.41, 5.74) is 6.02. The second kappa shape index (κ2) is 5.35. The predicted octanol–water partition coefficient (Wildman–Crippen LogP) is 0.958. The van der Waals surface area contributed by atoms with E-state index >= 15 is 0 Å². The van der Waals surface area contributed by atoms with Crippen LogP contribution in [0.15, 0.2) is 29.0 Å². The molecule has 2 rings (SSSR count). The average molecular weight is 252 g/mol. The van der Waals surface area contributed by atoms with E-state index in [9.17, 15) is 9.18 Å². The Kier molecular flexibility index (Phi) is 3.61. The Morgan fingerprint density at radius 2 is 2.44 bits per heavy atom. The molecule has 0 bridgehead atoms. The third kappa shape index (κ3) is 2.50. The lowest BCUT2D eigenvalue weighted by molar-refractivity contribution is 0.0937. The number of rotatable bonds is 5. The average Bonchev–Trinajstić information content (AvgIpc) is 2.97. The lowest BCUT2D eigenvalue weighted by Gasteiger charge is -2.06. The van der Waals surface area contributed by atoms with Gasteiger partial charge in [0.2, 0.25) is 0 Å². The lowest BCUT2D eigenvalue weighted by atomic mass is 10.3. The zero-order valence-corrected chi connectivity index (χ0v) is 9.60. The number of aromatic nitrogens is 2. The molecule has 0 unspecified atom stereocenters. The minimum atomic E-state index is -0.612. The van der Waals surface area contributed by atoms with Gasteiger partial charge in [-0.3, -0.25) is 9.48 Å². The van der Waals surface area contributed by atoms with Crippen LogP contribution < -0.4 is 11.1 Å². The highest BCUT2D eigenvalue weighted by molar-refractivity contribution is 5.97. The first-order valence-corrected chi connectivity index (χ1v) is 5.40. The Bertz CT molecular complexity index is 521. The molecule has 18 heavy (non-hydrogen) atoms. The van der Waals surface area contributed by atoms with E-state index in [4.69, 9.17) is 10.2 Å². The Labute approximate surface area is 103 Å². The smallest absolute Gasteiger partial charge is 0.272 e. The van der Waals surface area contributed by atoms with Gasteiger partial charge in [-0.2, -0.15) is 5.10 Å². The third-order valence-corrected chi connectivity index (χ3v) is 2.38. The summed E-state index contributed by atoms with van der Waals surface area (Å²) in [5, 5.41) is 6.47. The number of nitrogen functional groups attached to an aromatic ring is 1. The molecule has 0 saturated carbocycles. The summed E-state index contributed by atoms with van der Waals surface area (Å²) in [6.45, 7) is -0.369. The number of aryl methyl sites for hydroxylation is 1. The van der Waals surface area contributed by atoms with Gasteiger partial charge in [0, 0.05) is 0 Å². The molecule has 2 aromatic rings. The van der Waals surface area contributed by atoms with Crippen LogP contribution in [0.4, 0.5) is 10.1 Å². The van der Waals surface area contributed by atoms with E-state index in [1.54, 1.807) is 12.1 Å². The van der Waals surface area contributed by atoms with Gasteiger partial charge in [0.1, 0.15) is 18.1 Å². The topological polar surface area (TPSA) is 86.1 Å². The van der Waals surface area contributed by atoms with Gasteiger partial charge in [-0.1, -0.05) is 0 Å². The molecule has 0 aliphatic rings. The number of carbonyl (C=O) groups is 1. The molecule has 0 atom stereocenters. The number of nitrogens with one attached hydrogen (secondary N) is 1. The van der Waals surface area contributed by atoms with Gasteiger partial charge >= 0.3 is 0 Å². The van der Waals surface area contributed by atoms with E-state index in [-0.39, 0.29) is 24.5 Å². The highest BCUT2D eigenvalue weighted by atomic mass is 19.1. The van der Waals surface area contributed by atoms with E-state index in [2.05, 4.69) is 10.4 Å². The molecule has 0 aliphatic heterocycles. The molecule has 0 radical (unpaired) electrons. The van der Waals surface area contributed by atoms with Crippen molar-refractivity contribution in [2.24, 2.45) is 0 Å². The lowest BCUT2D eigenvalue weighted by Crippen LogP contribution is -2.26. The van der Waals surface area contributed by atoms with Crippen LogP contribution in [-0.2, 0) is 13.1 Å². The summed E-state index contributed by atoms with van der Waals surface area (Å²) in [6.07, 6.45) is 2.85. The van der Waals surface area contributed by atoms with Gasteiger partial charge in [-0.05, 0) is 12.1 Å². The van der Waals surface area contributed by atoms with Crippen molar-refractivity contribution in [2.45, 2.75) is 13.1 Å². The number of hydrogen-bond acceptors (Lipinski definition) is 4. The van der Waals surface area contributed by atoms with Gasteiger partial charge < -0.3 is 15.5 Å². The largest absolute Gasteiger partial charge is 0.467 e. The van der Waals surface area contributed by atoms with Crippen molar-refractivity contribution in [3.8, 4) is 0 Å².